The van der Waals surface area contributed by atoms with Crippen molar-refractivity contribution in [2.24, 2.45) is 5.92 Å². The number of rotatable bonds is 10. The van der Waals surface area contributed by atoms with Crippen LogP contribution in [0.15, 0.2) is 42.6 Å². The molecule has 4 atom stereocenters. The second-order valence-electron chi connectivity index (χ2n) is 16.3. The van der Waals surface area contributed by atoms with E-state index in [0.717, 1.165) is 71.3 Å². The Morgan fingerprint density at radius 3 is 2.07 bits per heavy atom. The van der Waals surface area contributed by atoms with Gasteiger partial charge in [0, 0.05) is 74.3 Å². The van der Waals surface area contributed by atoms with Crippen molar-refractivity contribution < 1.29 is 39.0 Å². The normalized spacial score (nSPS) is 23.6. The molecule has 0 spiro atoms. The first-order chi connectivity index (χ1) is 27.0. The third-order valence-corrected chi connectivity index (χ3v) is 11.2. The molecular weight excluding hydrogens is 720 g/mol. The quantitative estimate of drug-likeness (QED) is 0.147. The van der Waals surface area contributed by atoms with E-state index < -0.39 is 18.1 Å². The number of anilines is 4. The molecule has 56 heavy (non-hydrogen) atoms. The van der Waals surface area contributed by atoms with Crippen LogP contribution in [-0.2, 0) is 28.9 Å². The summed E-state index contributed by atoms with van der Waals surface area (Å²) < 4.78 is 32.4. The zero-order valence-electron chi connectivity index (χ0n) is 32.0. The molecular formula is C40H50N8O8. The number of nitrogens with zero attached hydrogens (tertiary/aromatic N) is 6. The number of morpholine rings is 2. The summed E-state index contributed by atoms with van der Waals surface area (Å²) >= 11 is 0. The van der Waals surface area contributed by atoms with Crippen molar-refractivity contribution in [3.05, 3.63) is 65.0 Å². The predicted octanol–water partition coefficient (Wildman–Crippen LogP) is 3.76. The molecule has 2 aromatic heterocycles. The summed E-state index contributed by atoms with van der Waals surface area (Å²) in [5, 5.41) is 51.1. The lowest BCUT2D eigenvalue weighted by molar-refractivity contribution is 0.0509. The van der Waals surface area contributed by atoms with Crippen molar-refractivity contribution in [3.63, 3.8) is 0 Å². The molecule has 2 fully saturated rings. The van der Waals surface area contributed by atoms with Gasteiger partial charge in [-0.1, -0.05) is 0 Å². The van der Waals surface area contributed by atoms with Gasteiger partial charge in [-0.15, -0.1) is 10.2 Å². The van der Waals surface area contributed by atoms with Gasteiger partial charge < -0.3 is 59.4 Å². The largest absolute Gasteiger partial charge is 0.492 e. The number of nitrogens with one attached hydrogen (secondary N) is 2. The van der Waals surface area contributed by atoms with Crippen molar-refractivity contribution in [2.75, 3.05) is 79.6 Å². The van der Waals surface area contributed by atoms with Gasteiger partial charge in [-0.2, -0.15) is 5.10 Å². The summed E-state index contributed by atoms with van der Waals surface area (Å²) in [6, 6.07) is 11.2. The lowest BCUT2D eigenvalue weighted by Crippen LogP contribution is -2.38. The van der Waals surface area contributed by atoms with E-state index in [1.165, 1.54) is 12.1 Å². The lowest BCUT2D eigenvalue weighted by atomic mass is 9.88. The summed E-state index contributed by atoms with van der Waals surface area (Å²) in [6.45, 7) is 12.8. The van der Waals surface area contributed by atoms with E-state index in [9.17, 15) is 15.3 Å². The topological polar surface area (TPSA) is 181 Å². The number of benzene rings is 2. The Hall–Kier alpha value is -5.03. The van der Waals surface area contributed by atoms with E-state index >= 15 is 0 Å². The summed E-state index contributed by atoms with van der Waals surface area (Å²) in [7, 11) is 0. The van der Waals surface area contributed by atoms with Crippen LogP contribution in [0.3, 0.4) is 0 Å². The number of hydrogen-bond acceptors (Lipinski definition) is 15. The Morgan fingerprint density at radius 1 is 0.804 bits per heavy atom. The maximum absolute atomic E-state index is 11.6. The van der Waals surface area contributed by atoms with Gasteiger partial charge in [0.15, 0.2) is 12.5 Å². The summed E-state index contributed by atoms with van der Waals surface area (Å²) in [5.74, 6) is 2.15. The molecule has 0 radical (unpaired) electrons. The fraction of sp³-hybridized carbons (Fsp3) is 0.525. The highest BCUT2D eigenvalue weighted by molar-refractivity contribution is 5.76. The molecule has 5 N–H and O–H groups in total. The van der Waals surface area contributed by atoms with Crippen LogP contribution in [0.4, 0.5) is 22.7 Å². The van der Waals surface area contributed by atoms with Crippen molar-refractivity contribution in [1.82, 2.24) is 20.0 Å². The molecule has 0 bridgehead atoms. The van der Waals surface area contributed by atoms with E-state index in [4.69, 9.17) is 23.7 Å². The molecule has 4 aromatic rings. The number of aromatic nitrogens is 4. The van der Waals surface area contributed by atoms with Gasteiger partial charge in [-0.05, 0) is 45.4 Å². The van der Waals surface area contributed by atoms with Gasteiger partial charge in [0.05, 0.1) is 74.1 Å². The molecule has 0 saturated carbocycles. The fourth-order valence-corrected chi connectivity index (χ4v) is 8.69. The molecule has 5 aliphatic heterocycles. The molecule has 9 rings (SSSR count). The predicted molar refractivity (Wildman–Crippen MR) is 207 cm³/mol. The Bertz CT molecular complexity index is 2070. The van der Waals surface area contributed by atoms with Crippen molar-refractivity contribution in [1.29, 1.82) is 0 Å². The van der Waals surface area contributed by atoms with Crippen LogP contribution in [0.5, 0.6) is 23.3 Å². The Kier molecular flexibility index (Phi) is 9.46. The van der Waals surface area contributed by atoms with E-state index in [1.807, 2.05) is 16.8 Å². The number of aromatic hydroxyl groups is 1. The molecule has 16 nitrogen and oxygen atoms in total. The summed E-state index contributed by atoms with van der Waals surface area (Å²) in [4.78, 5) is 4.49. The van der Waals surface area contributed by atoms with Gasteiger partial charge in [0.1, 0.15) is 28.4 Å². The number of fused-ring (bicyclic) bond motifs is 3. The van der Waals surface area contributed by atoms with E-state index in [-0.39, 0.29) is 17.4 Å². The molecule has 5 aliphatic rings. The zero-order chi connectivity index (χ0) is 38.6. The molecule has 298 valence electrons. The van der Waals surface area contributed by atoms with Gasteiger partial charge in [-0.3, -0.25) is 0 Å². The van der Waals surface area contributed by atoms with E-state index in [0.29, 0.717) is 76.2 Å². The molecule has 7 heterocycles. The molecule has 16 heteroatoms. The number of aliphatic hydroxyl groups is 2. The lowest BCUT2D eigenvalue weighted by Gasteiger charge is -2.33. The molecule has 0 aliphatic carbocycles. The molecule has 4 unspecified atom stereocenters. The third kappa shape index (κ3) is 7.33. The Balaban J connectivity index is 0.893. The van der Waals surface area contributed by atoms with Crippen molar-refractivity contribution in [3.8, 4) is 23.3 Å². The average molecular weight is 771 g/mol. The molecule has 2 saturated heterocycles. The van der Waals surface area contributed by atoms with Crippen LogP contribution in [0.25, 0.3) is 0 Å². The summed E-state index contributed by atoms with van der Waals surface area (Å²) in [6.07, 6.45) is 1.67. The fourth-order valence-electron chi connectivity index (χ4n) is 8.69. The second-order valence-corrected chi connectivity index (χ2v) is 16.3. The minimum absolute atomic E-state index is 0.110. The van der Waals surface area contributed by atoms with Crippen LogP contribution < -0.4 is 34.6 Å². The highest BCUT2D eigenvalue weighted by Gasteiger charge is 2.40. The minimum atomic E-state index is -1.14. The first-order valence-corrected chi connectivity index (χ1v) is 19.5. The van der Waals surface area contributed by atoms with Crippen LogP contribution in [0.1, 0.15) is 62.0 Å². The zero-order valence-corrected chi connectivity index (χ0v) is 32.0. The maximum atomic E-state index is 11.6. The standard InChI is InChI=1S/C40H50N8O8/c1-39(2)19-25-14-29(31(16-33(25)55-39)46-6-10-52-11-7-46)42-36(50)27-21-41-48-22-24(23-54-38(27)48)18-40(3)20-26-15-30(43-37(51)28-4-5-35(49)45-44-28)32(17-34(26)56-40)47-8-12-53-13-9-47/h4-5,14-17,21,24,36-37,42-43,50-51H,6-13,18-20,22-23H2,1-3H3,(H,45,49). The SMILES string of the molecule is CC1(C)Cc2cc(NC(O)c3cnn4c3OCC(CC3(C)Cc5cc(NC(O)c6ccc(O)nn6)c(N6CCOCC6)cc5O3)C4)c(N3CCOCC3)cc2O1. The summed E-state index contributed by atoms with van der Waals surface area (Å²) in [5.41, 5.74) is 5.67. The van der Waals surface area contributed by atoms with Crippen molar-refractivity contribution in [2.45, 2.75) is 70.2 Å². The van der Waals surface area contributed by atoms with Crippen LogP contribution in [-0.4, -0.2) is 106 Å². The van der Waals surface area contributed by atoms with E-state index in [1.54, 1.807) is 6.20 Å². The molecule has 2 aromatic carbocycles. The van der Waals surface area contributed by atoms with Gasteiger partial charge in [-0.25, -0.2) is 4.68 Å². The van der Waals surface area contributed by atoms with Crippen LogP contribution >= 0.6 is 0 Å². The number of aliphatic hydroxyl groups excluding tert-OH is 2. The monoisotopic (exact) mass is 770 g/mol. The minimum Gasteiger partial charge on any atom is -0.492 e. The van der Waals surface area contributed by atoms with Gasteiger partial charge in [0.2, 0.25) is 11.8 Å². The molecule has 0 amide bonds. The Morgan fingerprint density at radius 2 is 1.43 bits per heavy atom. The maximum Gasteiger partial charge on any atom is 0.230 e. The van der Waals surface area contributed by atoms with Gasteiger partial charge in [0.25, 0.3) is 0 Å². The second kappa shape index (κ2) is 14.5. The number of hydrogen-bond donors (Lipinski definition) is 5. The number of ether oxygens (including phenoxy) is 5. The third-order valence-electron chi connectivity index (χ3n) is 11.2. The Labute approximate surface area is 325 Å². The highest BCUT2D eigenvalue weighted by atomic mass is 16.5. The van der Waals surface area contributed by atoms with Gasteiger partial charge >= 0.3 is 0 Å². The van der Waals surface area contributed by atoms with Crippen LogP contribution in [0, 0.1) is 5.92 Å². The first-order valence-electron chi connectivity index (χ1n) is 19.5. The van der Waals surface area contributed by atoms with Crippen molar-refractivity contribution >= 4 is 22.7 Å². The van der Waals surface area contributed by atoms with E-state index in [2.05, 4.69) is 68.6 Å². The smallest absolute Gasteiger partial charge is 0.230 e. The van der Waals surface area contributed by atoms with Crippen LogP contribution in [0.2, 0.25) is 0 Å². The highest BCUT2D eigenvalue weighted by Crippen LogP contribution is 2.46. The first kappa shape index (κ1) is 36.6. The average Bonchev–Trinajstić information content (AvgIpc) is 3.85.